The van der Waals surface area contributed by atoms with Gasteiger partial charge in [0.1, 0.15) is 5.75 Å². The van der Waals surface area contributed by atoms with Crippen LogP contribution in [0, 0.1) is 0 Å². The summed E-state index contributed by atoms with van der Waals surface area (Å²) in [7, 11) is 3.67. The molecule has 0 saturated heterocycles. The second kappa shape index (κ2) is 4.96. The lowest BCUT2D eigenvalue weighted by Crippen LogP contribution is -2.34. The van der Waals surface area contributed by atoms with Gasteiger partial charge in [0.05, 0.1) is 19.0 Å². The fourth-order valence-electron chi connectivity index (χ4n) is 2.72. The molecule has 100 valence electrons. The number of para-hydroxylation sites is 1. The molecule has 0 spiro atoms. The number of hydrogen-bond donors (Lipinski definition) is 1. The number of methoxy groups -OCH3 is 1. The Morgan fingerprint density at radius 2 is 2.11 bits per heavy atom. The monoisotopic (exact) mass is 257 g/mol. The molecule has 1 heterocycles. The Hall–Kier alpha value is -1.97. The maximum absolute atomic E-state index is 5.43. The van der Waals surface area contributed by atoms with Crippen LogP contribution in [0.1, 0.15) is 24.3 Å². The standard InChI is InChI=1S/C15H19N3O/c1-18-10-13(9-16-18)17-12-7-11(8-12)14-5-3-4-6-15(14)19-2/h3-6,9-12,17H,7-8H2,1-2H3. The Kier molecular flexibility index (Phi) is 3.15. The molecule has 0 radical (unpaired) electrons. The van der Waals surface area contributed by atoms with E-state index in [1.807, 2.05) is 36.3 Å². The minimum absolute atomic E-state index is 0.541. The van der Waals surface area contributed by atoms with Crippen molar-refractivity contribution in [2.24, 2.45) is 7.05 Å². The number of hydrogen-bond acceptors (Lipinski definition) is 3. The first-order chi connectivity index (χ1) is 9.26. The van der Waals surface area contributed by atoms with Gasteiger partial charge in [-0.05, 0) is 30.4 Å². The van der Waals surface area contributed by atoms with Gasteiger partial charge in [0.2, 0.25) is 0 Å². The highest BCUT2D eigenvalue weighted by atomic mass is 16.5. The van der Waals surface area contributed by atoms with Gasteiger partial charge in [0.15, 0.2) is 0 Å². The van der Waals surface area contributed by atoms with Gasteiger partial charge in [-0.2, -0.15) is 5.10 Å². The normalized spacial score (nSPS) is 21.8. The predicted molar refractivity (Wildman–Crippen MR) is 75.6 cm³/mol. The number of nitrogens with one attached hydrogen (secondary N) is 1. The summed E-state index contributed by atoms with van der Waals surface area (Å²) < 4.78 is 7.24. The summed E-state index contributed by atoms with van der Waals surface area (Å²) in [5.74, 6) is 1.61. The van der Waals surface area contributed by atoms with Crippen molar-refractivity contribution in [3.05, 3.63) is 42.2 Å². The third-order valence-electron chi connectivity index (χ3n) is 3.79. The van der Waals surface area contributed by atoms with Gasteiger partial charge >= 0.3 is 0 Å². The van der Waals surface area contributed by atoms with Gasteiger partial charge in [0.25, 0.3) is 0 Å². The molecule has 1 aromatic heterocycles. The molecular formula is C15H19N3O. The molecule has 0 unspecified atom stereocenters. The van der Waals surface area contributed by atoms with Crippen molar-refractivity contribution in [3.63, 3.8) is 0 Å². The molecule has 0 aliphatic heterocycles. The van der Waals surface area contributed by atoms with Crippen molar-refractivity contribution in [2.75, 3.05) is 12.4 Å². The summed E-state index contributed by atoms with van der Waals surface area (Å²) in [6, 6.07) is 8.85. The van der Waals surface area contributed by atoms with Crippen LogP contribution in [0.3, 0.4) is 0 Å². The number of ether oxygens (including phenoxy) is 1. The van der Waals surface area contributed by atoms with E-state index in [1.165, 1.54) is 5.56 Å². The van der Waals surface area contributed by atoms with Crippen LogP contribution in [0.4, 0.5) is 5.69 Å². The lowest BCUT2D eigenvalue weighted by Gasteiger charge is -2.37. The van der Waals surface area contributed by atoms with Crippen molar-refractivity contribution < 1.29 is 4.74 Å². The zero-order valence-electron chi connectivity index (χ0n) is 11.3. The second-order valence-electron chi connectivity index (χ2n) is 5.15. The Morgan fingerprint density at radius 1 is 1.32 bits per heavy atom. The number of aryl methyl sites for hydroxylation is 1. The highest BCUT2D eigenvalue weighted by Crippen LogP contribution is 2.41. The van der Waals surface area contributed by atoms with E-state index in [2.05, 4.69) is 22.5 Å². The van der Waals surface area contributed by atoms with Crippen molar-refractivity contribution >= 4 is 5.69 Å². The van der Waals surface area contributed by atoms with Crippen LogP contribution in [0.5, 0.6) is 5.75 Å². The third kappa shape index (κ3) is 2.43. The fourth-order valence-corrected chi connectivity index (χ4v) is 2.72. The van der Waals surface area contributed by atoms with E-state index in [1.54, 1.807) is 7.11 Å². The molecule has 4 heteroatoms. The maximum Gasteiger partial charge on any atom is 0.122 e. The number of aromatic nitrogens is 2. The third-order valence-corrected chi connectivity index (χ3v) is 3.79. The van der Waals surface area contributed by atoms with Crippen LogP contribution in [0.15, 0.2) is 36.7 Å². The lowest BCUT2D eigenvalue weighted by atomic mass is 9.75. The van der Waals surface area contributed by atoms with Crippen LogP contribution in [-0.2, 0) is 7.05 Å². The van der Waals surface area contributed by atoms with Crippen molar-refractivity contribution in [1.29, 1.82) is 0 Å². The Morgan fingerprint density at radius 3 is 2.79 bits per heavy atom. The number of nitrogens with zero attached hydrogens (tertiary/aromatic N) is 2. The molecule has 1 aromatic carbocycles. The number of benzene rings is 1. The SMILES string of the molecule is COc1ccccc1C1CC(Nc2cnn(C)c2)C1. The molecule has 0 bridgehead atoms. The summed E-state index contributed by atoms with van der Waals surface area (Å²) in [4.78, 5) is 0. The maximum atomic E-state index is 5.43. The number of anilines is 1. The van der Waals surface area contributed by atoms with E-state index in [-0.39, 0.29) is 0 Å². The van der Waals surface area contributed by atoms with E-state index in [4.69, 9.17) is 4.74 Å². The smallest absolute Gasteiger partial charge is 0.122 e. The molecule has 1 aliphatic rings. The van der Waals surface area contributed by atoms with E-state index in [9.17, 15) is 0 Å². The summed E-state index contributed by atoms with van der Waals surface area (Å²) in [5, 5.41) is 7.68. The predicted octanol–water partition coefficient (Wildman–Crippen LogP) is 2.79. The second-order valence-corrected chi connectivity index (χ2v) is 5.15. The lowest BCUT2D eigenvalue weighted by molar-refractivity contribution is 0.350. The molecule has 1 saturated carbocycles. The van der Waals surface area contributed by atoms with Gasteiger partial charge in [-0.25, -0.2) is 0 Å². The van der Waals surface area contributed by atoms with Gasteiger partial charge in [0, 0.05) is 19.3 Å². The van der Waals surface area contributed by atoms with Gasteiger partial charge in [-0.1, -0.05) is 18.2 Å². The minimum Gasteiger partial charge on any atom is -0.496 e. The van der Waals surface area contributed by atoms with E-state index in [0.29, 0.717) is 12.0 Å². The summed E-state index contributed by atoms with van der Waals surface area (Å²) in [5.41, 5.74) is 2.43. The molecule has 1 N–H and O–H groups in total. The van der Waals surface area contributed by atoms with Crippen molar-refractivity contribution in [3.8, 4) is 5.75 Å². The largest absolute Gasteiger partial charge is 0.496 e. The first-order valence-corrected chi connectivity index (χ1v) is 6.64. The fraction of sp³-hybridized carbons (Fsp3) is 0.400. The molecule has 4 nitrogen and oxygen atoms in total. The summed E-state index contributed by atoms with van der Waals surface area (Å²) in [6.07, 6.45) is 6.18. The van der Waals surface area contributed by atoms with Crippen LogP contribution in [0.25, 0.3) is 0 Å². The molecule has 2 aromatic rings. The summed E-state index contributed by atoms with van der Waals surface area (Å²) in [6.45, 7) is 0. The van der Waals surface area contributed by atoms with Crippen LogP contribution < -0.4 is 10.1 Å². The van der Waals surface area contributed by atoms with Crippen LogP contribution >= 0.6 is 0 Å². The van der Waals surface area contributed by atoms with Gasteiger partial charge in [-0.15, -0.1) is 0 Å². The molecule has 19 heavy (non-hydrogen) atoms. The first-order valence-electron chi connectivity index (χ1n) is 6.64. The summed E-state index contributed by atoms with van der Waals surface area (Å²) >= 11 is 0. The zero-order chi connectivity index (χ0) is 13.2. The van der Waals surface area contributed by atoms with Crippen molar-refractivity contribution in [2.45, 2.75) is 24.8 Å². The molecule has 1 fully saturated rings. The van der Waals surface area contributed by atoms with Crippen LogP contribution in [0.2, 0.25) is 0 Å². The molecular weight excluding hydrogens is 238 g/mol. The van der Waals surface area contributed by atoms with E-state index in [0.717, 1.165) is 24.3 Å². The topological polar surface area (TPSA) is 39.1 Å². The molecule has 0 atom stereocenters. The van der Waals surface area contributed by atoms with E-state index >= 15 is 0 Å². The number of rotatable bonds is 4. The Balaban J connectivity index is 1.60. The average molecular weight is 257 g/mol. The average Bonchev–Trinajstić information content (AvgIpc) is 2.79. The highest BCUT2D eigenvalue weighted by Gasteiger charge is 2.32. The Labute approximate surface area is 113 Å². The molecule has 3 rings (SSSR count). The van der Waals surface area contributed by atoms with Crippen molar-refractivity contribution in [1.82, 2.24) is 9.78 Å². The van der Waals surface area contributed by atoms with Crippen LogP contribution in [-0.4, -0.2) is 22.9 Å². The molecule has 0 amide bonds. The quantitative estimate of drug-likeness (QED) is 0.915. The van der Waals surface area contributed by atoms with Gasteiger partial charge < -0.3 is 10.1 Å². The van der Waals surface area contributed by atoms with E-state index < -0.39 is 0 Å². The highest BCUT2D eigenvalue weighted by molar-refractivity contribution is 5.43. The molecule has 1 aliphatic carbocycles. The first kappa shape index (κ1) is 12.1. The zero-order valence-corrected chi connectivity index (χ0v) is 11.3. The minimum atomic E-state index is 0.541. The van der Waals surface area contributed by atoms with Gasteiger partial charge in [-0.3, -0.25) is 4.68 Å². The Bertz CT molecular complexity index is 558.